The average Bonchev–Trinajstić information content (AvgIpc) is 1.63. The Kier molecular flexibility index (Phi) is 4.57. The summed E-state index contributed by atoms with van der Waals surface area (Å²) >= 11 is 2.18. The molecule has 0 saturated carbocycles. The maximum Gasteiger partial charge on any atom is 0.0583 e. The van der Waals surface area contributed by atoms with Gasteiger partial charge in [0, 0.05) is 18.9 Å². The van der Waals surface area contributed by atoms with Crippen molar-refractivity contribution >= 4 is 22.9 Å². The van der Waals surface area contributed by atoms with Crippen molar-refractivity contribution in [3.8, 4) is 0 Å². The van der Waals surface area contributed by atoms with E-state index in [0.717, 1.165) is 5.70 Å². The molecular formula is C6H11IN2. The largest absolute Gasteiger partial charge is 0.365 e. The third-order valence-electron chi connectivity index (χ3n) is 0.701. The molecule has 0 rings (SSSR count). The van der Waals surface area contributed by atoms with Crippen LogP contribution in [0.25, 0.3) is 0 Å². The molecule has 0 unspecified atom stereocenters. The van der Waals surface area contributed by atoms with Crippen LogP contribution in [0.2, 0.25) is 0 Å². The lowest BCUT2D eigenvalue weighted by Gasteiger charge is -2.04. The Labute approximate surface area is 70.1 Å². The summed E-state index contributed by atoms with van der Waals surface area (Å²) in [7, 11) is 1.97. The Morgan fingerprint density at radius 3 is 2.67 bits per heavy atom. The predicted octanol–water partition coefficient (Wildman–Crippen LogP) is 1.86. The summed E-state index contributed by atoms with van der Waals surface area (Å²) in [6, 6.07) is 0. The van der Waals surface area contributed by atoms with Gasteiger partial charge in [-0.25, -0.2) is 0 Å². The second kappa shape index (κ2) is 4.67. The molecule has 0 amide bonds. The minimum Gasteiger partial charge on any atom is -0.365 e. The van der Waals surface area contributed by atoms with Crippen LogP contribution in [0.4, 0.5) is 0 Å². The van der Waals surface area contributed by atoms with E-state index in [2.05, 4.69) is 34.8 Å². The predicted molar refractivity (Wildman–Crippen MR) is 48.9 cm³/mol. The molecule has 9 heavy (non-hydrogen) atoms. The van der Waals surface area contributed by atoms with Crippen LogP contribution in [-0.2, 0) is 0 Å². The zero-order valence-electron chi connectivity index (χ0n) is 5.69. The second-order valence-electron chi connectivity index (χ2n) is 1.69. The summed E-state index contributed by atoms with van der Waals surface area (Å²) in [4.78, 5) is 0. The van der Waals surface area contributed by atoms with Gasteiger partial charge < -0.3 is 8.43 Å². The van der Waals surface area contributed by atoms with Crippen LogP contribution in [0.5, 0.6) is 0 Å². The van der Waals surface area contributed by atoms with Gasteiger partial charge in [-0.15, -0.1) is 0 Å². The van der Waals surface area contributed by atoms with Gasteiger partial charge in [-0.1, -0.05) is 6.58 Å². The van der Waals surface area contributed by atoms with Crippen molar-refractivity contribution in [2.45, 2.75) is 6.92 Å². The first-order valence-corrected chi connectivity index (χ1v) is 3.57. The smallest absolute Gasteiger partial charge is 0.0583 e. The number of rotatable bonds is 3. The van der Waals surface area contributed by atoms with Gasteiger partial charge in [-0.2, -0.15) is 0 Å². The fraction of sp³-hybridized carbons (Fsp3) is 0.333. The van der Waals surface area contributed by atoms with Gasteiger partial charge >= 0.3 is 0 Å². The van der Waals surface area contributed by atoms with E-state index in [4.69, 9.17) is 0 Å². The highest BCUT2D eigenvalue weighted by Crippen LogP contribution is 1.96. The van der Waals surface area contributed by atoms with Gasteiger partial charge in [0.15, 0.2) is 0 Å². The molecule has 3 heteroatoms. The summed E-state index contributed by atoms with van der Waals surface area (Å²) < 4.78 is 1.95. The maximum absolute atomic E-state index is 3.54. The van der Waals surface area contributed by atoms with Gasteiger partial charge in [0.05, 0.1) is 22.9 Å². The summed E-state index contributed by atoms with van der Waals surface area (Å²) in [6.07, 6.45) is 3.63. The molecule has 0 spiro atoms. The Morgan fingerprint density at radius 2 is 2.33 bits per heavy atom. The molecule has 0 aliphatic heterocycles. The standard InChI is InChI=1S/C6H11IN2/c1-4-8-6(2)5-9(3)7/h4-5,8H,1H2,2-3H3/b6-5-. The van der Waals surface area contributed by atoms with Gasteiger partial charge in [-0.05, 0) is 13.1 Å². The van der Waals surface area contributed by atoms with Gasteiger partial charge in [0.25, 0.3) is 0 Å². The number of nitrogens with one attached hydrogen (secondary N) is 1. The maximum atomic E-state index is 3.54. The van der Waals surface area contributed by atoms with Gasteiger partial charge in [-0.3, -0.25) is 0 Å². The second-order valence-corrected chi connectivity index (χ2v) is 3.21. The summed E-state index contributed by atoms with van der Waals surface area (Å²) in [6.45, 7) is 5.52. The van der Waals surface area contributed by atoms with Crippen LogP contribution in [-0.4, -0.2) is 10.2 Å². The molecule has 0 aliphatic carbocycles. The van der Waals surface area contributed by atoms with Crippen LogP contribution in [0, 0.1) is 0 Å². The fourth-order valence-corrected chi connectivity index (χ4v) is 0.883. The third-order valence-corrected chi connectivity index (χ3v) is 0.980. The Balaban J connectivity index is 3.68. The molecule has 0 aliphatic rings. The molecule has 52 valence electrons. The molecule has 0 aromatic carbocycles. The van der Waals surface area contributed by atoms with Gasteiger partial charge in [0.2, 0.25) is 0 Å². The lowest BCUT2D eigenvalue weighted by atomic mass is 10.5. The van der Waals surface area contributed by atoms with E-state index in [1.54, 1.807) is 6.20 Å². The van der Waals surface area contributed by atoms with Crippen LogP contribution >= 0.6 is 22.9 Å². The fourth-order valence-electron chi connectivity index (χ4n) is 0.465. The molecule has 0 fully saturated rings. The third kappa shape index (κ3) is 5.68. The van der Waals surface area contributed by atoms with Crippen molar-refractivity contribution in [2.75, 3.05) is 7.05 Å². The molecule has 2 nitrogen and oxygen atoms in total. The SMILES string of the molecule is C=CN/C(C)=C\N(C)I. The van der Waals surface area contributed by atoms with Crippen LogP contribution in [0.1, 0.15) is 6.92 Å². The quantitative estimate of drug-likeness (QED) is 0.596. The lowest BCUT2D eigenvalue weighted by Crippen LogP contribution is -2.03. The first-order chi connectivity index (χ1) is 4.16. The monoisotopic (exact) mass is 238 g/mol. The number of allylic oxidation sites excluding steroid dienone is 1. The van der Waals surface area contributed by atoms with E-state index in [1.807, 2.05) is 23.3 Å². The van der Waals surface area contributed by atoms with Crippen molar-refractivity contribution < 1.29 is 0 Å². The molecule has 0 aromatic rings. The van der Waals surface area contributed by atoms with Crippen LogP contribution < -0.4 is 5.32 Å². The van der Waals surface area contributed by atoms with Crippen molar-refractivity contribution in [1.82, 2.24) is 8.43 Å². The summed E-state index contributed by atoms with van der Waals surface area (Å²) in [5, 5.41) is 2.96. The first-order valence-electron chi connectivity index (χ1n) is 2.61. The van der Waals surface area contributed by atoms with Crippen molar-refractivity contribution in [2.24, 2.45) is 0 Å². The molecule has 0 bridgehead atoms. The topological polar surface area (TPSA) is 15.3 Å². The van der Waals surface area contributed by atoms with E-state index in [1.165, 1.54) is 0 Å². The number of hydrogen-bond acceptors (Lipinski definition) is 2. The normalized spacial score (nSPS) is 10.8. The molecular weight excluding hydrogens is 227 g/mol. The Morgan fingerprint density at radius 1 is 1.78 bits per heavy atom. The van der Waals surface area contributed by atoms with Crippen LogP contribution in [0.15, 0.2) is 24.7 Å². The molecule has 0 heterocycles. The highest BCUT2D eigenvalue weighted by molar-refractivity contribution is 14.1. The van der Waals surface area contributed by atoms with E-state index < -0.39 is 0 Å². The Hall–Kier alpha value is -0.190. The molecule has 0 atom stereocenters. The highest BCUT2D eigenvalue weighted by atomic mass is 127. The number of hydrogen-bond donors (Lipinski definition) is 1. The van der Waals surface area contributed by atoms with Crippen molar-refractivity contribution in [3.05, 3.63) is 24.7 Å². The van der Waals surface area contributed by atoms with Crippen molar-refractivity contribution in [3.63, 3.8) is 0 Å². The average molecular weight is 238 g/mol. The van der Waals surface area contributed by atoms with Crippen LogP contribution in [0.3, 0.4) is 0 Å². The highest BCUT2D eigenvalue weighted by Gasteiger charge is 1.83. The zero-order chi connectivity index (χ0) is 7.28. The van der Waals surface area contributed by atoms with Crippen molar-refractivity contribution in [1.29, 1.82) is 0 Å². The van der Waals surface area contributed by atoms with E-state index in [-0.39, 0.29) is 0 Å². The molecule has 0 aromatic heterocycles. The minimum absolute atomic E-state index is 1.09. The Bertz CT molecular complexity index is 118. The number of halogens is 1. The van der Waals surface area contributed by atoms with Gasteiger partial charge in [0.1, 0.15) is 0 Å². The molecule has 0 saturated heterocycles. The molecule has 0 radical (unpaired) electrons. The minimum atomic E-state index is 1.09. The number of nitrogens with zero attached hydrogens (tertiary/aromatic N) is 1. The van der Waals surface area contributed by atoms with E-state index >= 15 is 0 Å². The summed E-state index contributed by atoms with van der Waals surface area (Å²) in [5.41, 5.74) is 1.09. The first kappa shape index (κ1) is 8.81. The van der Waals surface area contributed by atoms with E-state index in [0.29, 0.717) is 0 Å². The van der Waals surface area contributed by atoms with E-state index in [9.17, 15) is 0 Å². The zero-order valence-corrected chi connectivity index (χ0v) is 7.84. The summed E-state index contributed by atoms with van der Waals surface area (Å²) in [5.74, 6) is 0. The molecule has 1 N–H and O–H groups in total. The lowest BCUT2D eigenvalue weighted by molar-refractivity contribution is 0.806.